The molecule has 6 heteroatoms. The minimum Gasteiger partial charge on any atom is -0.455 e. The Balaban J connectivity index is 1.03. The van der Waals surface area contributed by atoms with Crippen LogP contribution in [0.5, 0.6) is 0 Å². The summed E-state index contributed by atoms with van der Waals surface area (Å²) >= 11 is 1.78. The Morgan fingerprint density at radius 2 is 0.895 bits per heavy atom. The number of hydrogen-bond acceptors (Lipinski definition) is 5. The van der Waals surface area contributed by atoms with Crippen molar-refractivity contribution in [1.82, 2.24) is 19.5 Å². The number of rotatable bonds is 5. The van der Waals surface area contributed by atoms with E-state index < -0.39 is 0 Å². The van der Waals surface area contributed by atoms with E-state index in [0.717, 1.165) is 60.1 Å². The molecule has 0 bridgehead atoms. The largest absolute Gasteiger partial charge is 0.455 e. The van der Waals surface area contributed by atoms with Crippen LogP contribution in [-0.2, 0) is 0 Å². The molecule has 0 amide bonds. The summed E-state index contributed by atoms with van der Waals surface area (Å²) in [6, 6.07) is 63.6. The molecular formula is C51H30N4OS. The first-order valence-electron chi connectivity index (χ1n) is 19.0. The van der Waals surface area contributed by atoms with E-state index in [9.17, 15) is 0 Å². The molecule has 4 heterocycles. The lowest BCUT2D eigenvalue weighted by Crippen LogP contribution is -2.00. The van der Waals surface area contributed by atoms with Crippen LogP contribution in [0.3, 0.4) is 0 Å². The predicted molar refractivity (Wildman–Crippen MR) is 236 cm³/mol. The SMILES string of the molecule is c1ccc(-c2nc(-c3ccccc3)nc(-c3cccc4c3sc3c(-c5cccc6c5oc5cc(-n7c8ccccc8c8ccccc87)ccc56)cccc34)n2)cc1. The second-order valence-electron chi connectivity index (χ2n) is 14.3. The lowest BCUT2D eigenvalue weighted by atomic mass is 10.00. The molecule has 12 rings (SSSR count). The van der Waals surface area contributed by atoms with E-state index in [-0.39, 0.29) is 0 Å². The highest BCUT2D eigenvalue weighted by atomic mass is 32.1. The van der Waals surface area contributed by atoms with Gasteiger partial charge in [0.15, 0.2) is 17.5 Å². The third-order valence-electron chi connectivity index (χ3n) is 11.1. The minimum absolute atomic E-state index is 0.649. The highest BCUT2D eigenvalue weighted by molar-refractivity contribution is 7.26. The molecule has 0 spiro atoms. The maximum absolute atomic E-state index is 6.89. The Labute approximate surface area is 330 Å². The molecule has 0 aliphatic heterocycles. The van der Waals surface area contributed by atoms with Crippen molar-refractivity contribution in [3.63, 3.8) is 0 Å². The maximum Gasteiger partial charge on any atom is 0.165 e. The zero-order valence-electron chi connectivity index (χ0n) is 30.4. The molecule has 4 aromatic heterocycles. The number of nitrogens with zero attached hydrogens (tertiary/aromatic N) is 4. The average Bonchev–Trinajstić information content (AvgIpc) is 3.96. The first kappa shape index (κ1) is 31.9. The van der Waals surface area contributed by atoms with Crippen molar-refractivity contribution in [3.05, 3.63) is 182 Å². The van der Waals surface area contributed by atoms with Gasteiger partial charge in [-0.05, 0) is 30.3 Å². The summed E-state index contributed by atoms with van der Waals surface area (Å²) < 4.78 is 11.6. The van der Waals surface area contributed by atoms with Crippen LogP contribution in [0.2, 0.25) is 0 Å². The van der Waals surface area contributed by atoms with Crippen molar-refractivity contribution in [2.24, 2.45) is 0 Å². The van der Waals surface area contributed by atoms with Gasteiger partial charge in [0.25, 0.3) is 0 Å². The highest BCUT2D eigenvalue weighted by Crippen LogP contribution is 2.46. The van der Waals surface area contributed by atoms with E-state index in [2.05, 4.69) is 126 Å². The van der Waals surface area contributed by atoms with E-state index in [4.69, 9.17) is 19.4 Å². The van der Waals surface area contributed by atoms with Crippen LogP contribution in [0, 0.1) is 0 Å². The van der Waals surface area contributed by atoms with Crippen LogP contribution in [0.1, 0.15) is 0 Å². The Hall–Kier alpha value is -7.41. The number of fused-ring (bicyclic) bond motifs is 9. The van der Waals surface area contributed by atoms with Gasteiger partial charge in [-0.2, -0.15) is 0 Å². The first-order chi connectivity index (χ1) is 28.3. The summed E-state index contributed by atoms with van der Waals surface area (Å²) in [4.78, 5) is 15.1. The van der Waals surface area contributed by atoms with Crippen LogP contribution in [-0.4, -0.2) is 19.5 Å². The van der Waals surface area contributed by atoms with Gasteiger partial charge in [0.2, 0.25) is 0 Å². The number of furan rings is 1. The van der Waals surface area contributed by atoms with Crippen LogP contribution < -0.4 is 0 Å². The summed E-state index contributed by atoms with van der Waals surface area (Å²) in [6.07, 6.45) is 0. The first-order valence-corrected chi connectivity index (χ1v) is 19.8. The smallest absolute Gasteiger partial charge is 0.165 e. The quantitative estimate of drug-likeness (QED) is 0.176. The van der Waals surface area contributed by atoms with Gasteiger partial charge in [-0.1, -0.05) is 146 Å². The molecule has 0 saturated carbocycles. The monoisotopic (exact) mass is 746 g/mol. The fourth-order valence-corrected chi connectivity index (χ4v) is 9.81. The van der Waals surface area contributed by atoms with Crippen molar-refractivity contribution in [2.45, 2.75) is 0 Å². The molecule has 5 nitrogen and oxygen atoms in total. The summed E-state index contributed by atoms with van der Waals surface area (Å²) in [5.74, 6) is 1.95. The molecule has 0 unspecified atom stereocenters. The Morgan fingerprint density at radius 1 is 0.386 bits per heavy atom. The lowest BCUT2D eigenvalue weighted by Gasteiger charge is -2.09. The fraction of sp³-hybridized carbons (Fsp3) is 0. The van der Waals surface area contributed by atoms with Crippen LogP contribution in [0.25, 0.3) is 115 Å². The van der Waals surface area contributed by atoms with Gasteiger partial charge in [-0.25, -0.2) is 15.0 Å². The fourth-order valence-electron chi connectivity index (χ4n) is 8.48. The molecule has 8 aromatic carbocycles. The Morgan fingerprint density at radius 3 is 1.54 bits per heavy atom. The molecule has 12 aromatic rings. The third-order valence-corrected chi connectivity index (χ3v) is 12.4. The summed E-state index contributed by atoms with van der Waals surface area (Å²) in [6.45, 7) is 0. The zero-order valence-corrected chi connectivity index (χ0v) is 31.2. The summed E-state index contributed by atoms with van der Waals surface area (Å²) in [7, 11) is 0. The standard InChI is InChI=1S/C51H30N4OS/c1-3-14-31(15-4-1)49-52-50(32-16-5-2-6-17-32)54-51(53-49)42-25-13-24-41-40-23-12-22-39(47(40)57-48(41)42)38-21-11-20-37-36-29-28-33(30-45(36)56-46(37)38)55-43-26-9-7-18-34(43)35-19-8-10-27-44(35)55/h1-30H. The van der Waals surface area contributed by atoms with Crippen LogP contribution in [0.15, 0.2) is 186 Å². The van der Waals surface area contributed by atoms with Gasteiger partial charge in [-0.15, -0.1) is 11.3 Å². The van der Waals surface area contributed by atoms with Gasteiger partial charge in [0.1, 0.15) is 11.2 Å². The molecule has 0 fully saturated rings. The van der Waals surface area contributed by atoms with Crippen molar-refractivity contribution in [2.75, 3.05) is 0 Å². The highest BCUT2D eigenvalue weighted by Gasteiger charge is 2.21. The third kappa shape index (κ3) is 4.98. The van der Waals surface area contributed by atoms with Crippen LogP contribution in [0.4, 0.5) is 0 Å². The van der Waals surface area contributed by atoms with Gasteiger partial charge >= 0.3 is 0 Å². The van der Waals surface area contributed by atoms with Crippen molar-refractivity contribution in [3.8, 4) is 51.0 Å². The molecule has 57 heavy (non-hydrogen) atoms. The number of hydrogen-bond donors (Lipinski definition) is 0. The molecule has 0 saturated heterocycles. The van der Waals surface area contributed by atoms with Crippen molar-refractivity contribution in [1.29, 1.82) is 0 Å². The molecule has 0 atom stereocenters. The molecule has 0 radical (unpaired) electrons. The van der Waals surface area contributed by atoms with E-state index >= 15 is 0 Å². The minimum atomic E-state index is 0.649. The molecule has 0 aliphatic rings. The Kier molecular flexibility index (Phi) is 7.03. The summed E-state index contributed by atoms with van der Waals surface area (Å²) in [5, 5.41) is 7.04. The molecule has 0 N–H and O–H groups in total. The Bertz CT molecular complexity index is 3420. The predicted octanol–water partition coefficient (Wildman–Crippen LogP) is 13.9. The van der Waals surface area contributed by atoms with E-state index in [1.807, 2.05) is 60.7 Å². The maximum atomic E-state index is 6.89. The van der Waals surface area contributed by atoms with Gasteiger partial charge in [0.05, 0.1) is 11.0 Å². The number of aromatic nitrogens is 4. The van der Waals surface area contributed by atoms with Crippen molar-refractivity contribution >= 4 is 75.3 Å². The van der Waals surface area contributed by atoms with Crippen LogP contribution >= 0.6 is 11.3 Å². The molecular weight excluding hydrogens is 717 g/mol. The normalized spacial score (nSPS) is 11.9. The second-order valence-corrected chi connectivity index (χ2v) is 15.4. The lowest BCUT2D eigenvalue weighted by molar-refractivity contribution is 0.670. The van der Waals surface area contributed by atoms with E-state index in [1.165, 1.54) is 37.3 Å². The molecule has 266 valence electrons. The van der Waals surface area contributed by atoms with E-state index in [0.29, 0.717) is 17.5 Å². The van der Waals surface area contributed by atoms with Gasteiger partial charge in [-0.3, -0.25) is 0 Å². The van der Waals surface area contributed by atoms with E-state index in [1.54, 1.807) is 11.3 Å². The number of thiophene rings is 1. The second kappa shape index (κ2) is 12.6. The number of para-hydroxylation sites is 3. The van der Waals surface area contributed by atoms with Gasteiger partial charge in [0, 0.05) is 81.3 Å². The zero-order chi connectivity index (χ0) is 37.5. The van der Waals surface area contributed by atoms with Crippen molar-refractivity contribution < 1.29 is 4.42 Å². The summed E-state index contributed by atoms with van der Waals surface area (Å²) in [5.41, 5.74) is 10.3. The average molecular weight is 747 g/mol. The number of benzene rings is 8. The van der Waals surface area contributed by atoms with Gasteiger partial charge < -0.3 is 8.98 Å². The topological polar surface area (TPSA) is 56.7 Å². The molecule has 0 aliphatic carbocycles.